The Balaban J connectivity index is 2.40. The summed E-state index contributed by atoms with van der Waals surface area (Å²) in [6, 6.07) is 4.52. The summed E-state index contributed by atoms with van der Waals surface area (Å²) in [6.45, 7) is 5.21. The molecule has 1 heterocycles. The zero-order valence-corrected chi connectivity index (χ0v) is 9.66. The van der Waals surface area contributed by atoms with E-state index in [1.54, 1.807) is 6.07 Å². The highest BCUT2D eigenvalue weighted by atomic mass is 19.1. The van der Waals surface area contributed by atoms with E-state index in [-0.39, 0.29) is 11.4 Å². The molecular weight excluding hydrogens is 205 g/mol. The molecule has 3 heteroatoms. The van der Waals surface area contributed by atoms with E-state index in [0.29, 0.717) is 11.8 Å². The van der Waals surface area contributed by atoms with Crippen LogP contribution in [0, 0.1) is 5.82 Å². The van der Waals surface area contributed by atoms with Crippen molar-refractivity contribution in [1.82, 2.24) is 0 Å². The van der Waals surface area contributed by atoms with Gasteiger partial charge in [0.05, 0.1) is 0 Å². The Morgan fingerprint density at radius 3 is 2.69 bits per heavy atom. The largest absolute Gasteiger partial charge is 0.366 e. The zero-order chi connectivity index (χ0) is 11.8. The van der Waals surface area contributed by atoms with Gasteiger partial charge < -0.3 is 4.90 Å². The minimum absolute atomic E-state index is 0.0496. The molecule has 0 bridgehead atoms. The Hall–Kier alpha value is -1.38. The Morgan fingerprint density at radius 2 is 2.12 bits per heavy atom. The van der Waals surface area contributed by atoms with Crippen molar-refractivity contribution in [1.29, 1.82) is 0 Å². The summed E-state index contributed by atoms with van der Waals surface area (Å²) in [5.74, 6) is -0.345. The highest BCUT2D eigenvalue weighted by Gasteiger charge is 2.32. The van der Waals surface area contributed by atoms with Crippen molar-refractivity contribution in [2.45, 2.75) is 32.2 Å². The van der Waals surface area contributed by atoms with E-state index in [4.69, 9.17) is 0 Å². The fourth-order valence-electron chi connectivity index (χ4n) is 2.41. The molecule has 0 unspecified atom stereocenters. The number of carbonyl (C=O) groups excluding carboxylic acids is 1. The maximum absolute atomic E-state index is 13.3. The molecule has 0 atom stereocenters. The second kappa shape index (κ2) is 3.89. The average molecular weight is 221 g/mol. The van der Waals surface area contributed by atoms with Crippen molar-refractivity contribution >= 4 is 12.0 Å². The molecule has 1 saturated heterocycles. The quantitative estimate of drug-likeness (QED) is 0.715. The van der Waals surface area contributed by atoms with Gasteiger partial charge in [-0.1, -0.05) is 0 Å². The van der Waals surface area contributed by atoms with Crippen LogP contribution in [0.3, 0.4) is 0 Å². The predicted octanol–water partition coefficient (Wildman–Crippen LogP) is 3.02. The first-order valence-corrected chi connectivity index (χ1v) is 5.56. The summed E-state index contributed by atoms with van der Waals surface area (Å²) >= 11 is 0. The van der Waals surface area contributed by atoms with Gasteiger partial charge in [-0.2, -0.15) is 0 Å². The lowest BCUT2D eigenvalue weighted by Gasteiger charge is -2.33. The monoisotopic (exact) mass is 221 g/mol. The second-order valence-corrected chi connectivity index (χ2v) is 4.93. The normalized spacial score (nSPS) is 18.8. The Kier molecular flexibility index (Phi) is 2.70. The van der Waals surface area contributed by atoms with Crippen LogP contribution in [0.5, 0.6) is 0 Å². The maximum atomic E-state index is 13.3. The molecule has 0 amide bonds. The minimum atomic E-state index is -0.345. The molecule has 16 heavy (non-hydrogen) atoms. The molecule has 2 rings (SSSR count). The minimum Gasteiger partial charge on any atom is -0.366 e. The van der Waals surface area contributed by atoms with Gasteiger partial charge in [0.15, 0.2) is 0 Å². The second-order valence-electron chi connectivity index (χ2n) is 4.93. The zero-order valence-electron chi connectivity index (χ0n) is 9.66. The number of rotatable bonds is 2. The first-order valence-electron chi connectivity index (χ1n) is 5.56. The highest BCUT2D eigenvalue weighted by molar-refractivity contribution is 5.77. The first kappa shape index (κ1) is 11.1. The summed E-state index contributed by atoms with van der Waals surface area (Å²) in [6.07, 6.45) is 2.90. The summed E-state index contributed by atoms with van der Waals surface area (Å²) < 4.78 is 13.3. The maximum Gasteiger partial charge on any atom is 0.150 e. The predicted molar refractivity (Wildman–Crippen MR) is 62.4 cm³/mol. The Bertz CT molecular complexity index is 414. The molecule has 0 N–H and O–H groups in total. The lowest BCUT2D eigenvalue weighted by Crippen LogP contribution is -2.38. The standard InChI is InChI=1S/C13H16FNO/c1-13(2)4-3-5-15(13)12-7-10(9-16)6-11(14)8-12/h6-9H,3-5H2,1-2H3. The van der Waals surface area contributed by atoms with Gasteiger partial charge in [0.2, 0.25) is 0 Å². The van der Waals surface area contributed by atoms with E-state index in [1.165, 1.54) is 12.1 Å². The molecule has 0 saturated carbocycles. The molecular formula is C13H16FNO. The van der Waals surface area contributed by atoms with Gasteiger partial charge in [-0.25, -0.2) is 4.39 Å². The number of nitrogens with zero attached hydrogens (tertiary/aromatic N) is 1. The summed E-state index contributed by atoms with van der Waals surface area (Å²) in [5, 5.41) is 0. The Morgan fingerprint density at radius 1 is 1.38 bits per heavy atom. The first-order chi connectivity index (χ1) is 7.53. The lowest BCUT2D eigenvalue weighted by molar-refractivity contribution is 0.112. The lowest BCUT2D eigenvalue weighted by atomic mass is 10.0. The Labute approximate surface area is 95.1 Å². The van der Waals surface area contributed by atoms with Gasteiger partial charge in [-0.3, -0.25) is 4.79 Å². The van der Waals surface area contributed by atoms with Crippen LogP contribution in [0.2, 0.25) is 0 Å². The van der Waals surface area contributed by atoms with Crippen LogP contribution in [0.25, 0.3) is 0 Å². The molecule has 0 aliphatic carbocycles. The molecule has 1 aliphatic rings. The summed E-state index contributed by atoms with van der Waals surface area (Å²) in [4.78, 5) is 12.9. The number of aldehydes is 1. The fourth-order valence-corrected chi connectivity index (χ4v) is 2.41. The van der Waals surface area contributed by atoms with Crippen molar-refractivity contribution in [3.05, 3.63) is 29.6 Å². The summed E-state index contributed by atoms with van der Waals surface area (Å²) in [7, 11) is 0. The SMILES string of the molecule is CC1(C)CCCN1c1cc(F)cc(C=O)c1. The van der Waals surface area contributed by atoms with E-state index in [2.05, 4.69) is 18.7 Å². The van der Waals surface area contributed by atoms with Crippen LogP contribution in [0.15, 0.2) is 18.2 Å². The summed E-state index contributed by atoms with van der Waals surface area (Å²) in [5.41, 5.74) is 1.26. The van der Waals surface area contributed by atoms with E-state index >= 15 is 0 Å². The fraction of sp³-hybridized carbons (Fsp3) is 0.462. The number of carbonyl (C=O) groups is 1. The molecule has 1 aromatic carbocycles. The van der Waals surface area contributed by atoms with Crippen molar-refractivity contribution in [3.8, 4) is 0 Å². The third-order valence-electron chi connectivity index (χ3n) is 3.25. The number of benzene rings is 1. The van der Waals surface area contributed by atoms with Gasteiger partial charge in [0, 0.05) is 23.3 Å². The molecule has 0 aromatic heterocycles. The van der Waals surface area contributed by atoms with Crippen LogP contribution >= 0.6 is 0 Å². The van der Waals surface area contributed by atoms with Crippen molar-refractivity contribution in [2.24, 2.45) is 0 Å². The molecule has 1 aromatic rings. The highest BCUT2D eigenvalue weighted by Crippen LogP contribution is 2.34. The van der Waals surface area contributed by atoms with Gasteiger partial charge in [-0.15, -0.1) is 0 Å². The van der Waals surface area contributed by atoms with Gasteiger partial charge in [0.25, 0.3) is 0 Å². The molecule has 86 valence electrons. The van der Waals surface area contributed by atoms with Crippen LogP contribution < -0.4 is 4.90 Å². The number of anilines is 1. The smallest absolute Gasteiger partial charge is 0.150 e. The van der Waals surface area contributed by atoms with Crippen LogP contribution in [-0.4, -0.2) is 18.4 Å². The van der Waals surface area contributed by atoms with E-state index in [0.717, 1.165) is 25.1 Å². The van der Waals surface area contributed by atoms with Gasteiger partial charge in [-0.05, 0) is 44.9 Å². The van der Waals surface area contributed by atoms with Crippen molar-refractivity contribution in [2.75, 3.05) is 11.4 Å². The average Bonchev–Trinajstić information content (AvgIpc) is 2.57. The third kappa shape index (κ3) is 1.94. The van der Waals surface area contributed by atoms with Crippen molar-refractivity contribution < 1.29 is 9.18 Å². The van der Waals surface area contributed by atoms with Gasteiger partial charge >= 0.3 is 0 Å². The van der Waals surface area contributed by atoms with Crippen LogP contribution in [-0.2, 0) is 0 Å². The third-order valence-corrected chi connectivity index (χ3v) is 3.25. The number of halogens is 1. The van der Waals surface area contributed by atoms with Crippen LogP contribution in [0.1, 0.15) is 37.0 Å². The van der Waals surface area contributed by atoms with Crippen LogP contribution in [0.4, 0.5) is 10.1 Å². The number of hydrogen-bond donors (Lipinski definition) is 0. The van der Waals surface area contributed by atoms with E-state index < -0.39 is 0 Å². The molecule has 0 spiro atoms. The molecule has 1 aliphatic heterocycles. The van der Waals surface area contributed by atoms with E-state index in [1.807, 2.05) is 0 Å². The molecule has 1 fully saturated rings. The van der Waals surface area contributed by atoms with Crippen molar-refractivity contribution in [3.63, 3.8) is 0 Å². The molecule has 0 radical (unpaired) electrons. The van der Waals surface area contributed by atoms with E-state index in [9.17, 15) is 9.18 Å². The van der Waals surface area contributed by atoms with Gasteiger partial charge in [0.1, 0.15) is 12.1 Å². The number of hydrogen-bond acceptors (Lipinski definition) is 2. The topological polar surface area (TPSA) is 20.3 Å². The molecule has 2 nitrogen and oxygen atoms in total.